The van der Waals surface area contributed by atoms with E-state index in [1.807, 2.05) is 28.7 Å². The largest absolute Gasteiger partial charge is 0.331 e. The molecule has 0 unspecified atom stereocenters. The highest BCUT2D eigenvalue weighted by molar-refractivity contribution is 5.74. The topological polar surface area (TPSA) is 79.2 Å². The maximum absolute atomic E-state index is 12.3. The van der Waals surface area contributed by atoms with Crippen molar-refractivity contribution in [2.45, 2.75) is 26.6 Å². The van der Waals surface area contributed by atoms with Crippen molar-refractivity contribution in [3.05, 3.63) is 42.2 Å². The number of hydrogen-bond acceptors (Lipinski definition) is 5. The van der Waals surface area contributed by atoms with Gasteiger partial charge in [-0.25, -0.2) is 4.79 Å². The number of rotatable bonds is 5. The second-order valence-electron chi connectivity index (χ2n) is 5.82. The Labute approximate surface area is 141 Å². The zero-order valence-corrected chi connectivity index (χ0v) is 13.9. The van der Waals surface area contributed by atoms with Gasteiger partial charge in [0.05, 0.1) is 6.54 Å². The molecule has 0 spiro atoms. The zero-order chi connectivity index (χ0) is 16.8. The highest BCUT2D eigenvalue weighted by Gasteiger charge is 2.21. The van der Waals surface area contributed by atoms with Gasteiger partial charge < -0.3 is 14.8 Å². The quantitative estimate of drug-likeness (QED) is 0.874. The van der Waals surface area contributed by atoms with Crippen molar-refractivity contribution in [1.82, 2.24) is 34.9 Å². The second kappa shape index (κ2) is 7.87. The van der Waals surface area contributed by atoms with Gasteiger partial charge in [0.2, 0.25) is 0 Å². The van der Waals surface area contributed by atoms with E-state index in [4.69, 9.17) is 0 Å². The molecule has 1 aliphatic rings. The molecule has 8 heteroatoms. The smallest absolute Gasteiger partial charge is 0.317 e. The van der Waals surface area contributed by atoms with Gasteiger partial charge in [-0.05, 0) is 18.6 Å². The van der Waals surface area contributed by atoms with Gasteiger partial charge in [0.1, 0.15) is 6.33 Å². The molecule has 1 N–H and O–H groups in total. The molecule has 128 valence electrons. The molecule has 2 aromatic rings. The van der Waals surface area contributed by atoms with E-state index >= 15 is 0 Å². The summed E-state index contributed by atoms with van der Waals surface area (Å²) >= 11 is 0. The molecule has 8 nitrogen and oxygen atoms in total. The molecular weight excluding hydrogens is 306 g/mol. The van der Waals surface area contributed by atoms with Crippen LogP contribution in [0.3, 0.4) is 0 Å². The van der Waals surface area contributed by atoms with Gasteiger partial charge in [-0.15, -0.1) is 10.2 Å². The standard InChI is InChI=1S/C16H23N7O/c1-2-22-13-19-20-15(22)11-18-16(24)23-8-6-21(7-9-23)12-14-4-3-5-17-10-14/h3-5,10,13H,2,6-9,11-12H2,1H3,(H,18,24). The van der Waals surface area contributed by atoms with Gasteiger partial charge in [0.25, 0.3) is 0 Å². The Bertz CT molecular complexity index is 649. The van der Waals surface area contributed by atoms with Crippen LogP contribution in [0.15, 0.2) is 30.9 Å². The van der Waals surface area contributed by atoms with Crippen LogP contribution in [-0.2, 0) is 19.6 Å². The van der Waals surface area contributed by atoms with Gasteiger partial charge in [-0.1, -0.05) is 6.07 Å². The maximum Gasteiger partial charge on any atom is 0.317 e. The lowest BCUT2D eigenvalue weighted by molar-refractivity contribution is 0.135. The van der Waals surface area contributed by atoms with Crippen LogP contribution in [0, 0.1) is 0 Å². The molecule has 0 aliphatic carbocycles. The molecule has 3 heterocycles. The molecular formula is C16H23N7O. The van der Waals surface area contributed by atoms with Crippen LogP contribution >= 0.6 is 0 Å². The Morgan fingerprint density at radius 3 is 2.83 bits per heavy atom. The summed E-state index contributed by atoms with van der Waals surface area (Å²) in [5, 5.41) is 10.8. The van der Waals surface area contributed by atoms with E-state index in [9.17, 15) is 4.79 Å². The van der Waals surface area contributed by atoms with Gasteiger partial charge in [-0.2, -0.15) is 0 Å². The van der Waals surface area contributed by atoms with Crippen molar-refractivity contribution in [1.29, 1.82) is 0 Å². The average Bonchev–Trinajstić information content (AvgIpc) is 3.09. The third-order valence-electron chi connectivity index (χ3n) is 4.22. The zero-order valence-electron chi connectivity index (χ0n) is 13.9. The van der Waals surface area contributed by atoms with Crippen LogP contribution < -0.4 is 5.32 Å². The number of piperazine rings is 1. The third kappa shape index (κ3) is 4.08. The fourth-order valence-electron chi connectivity index (χ4n) is 2.81. The normalized spacial score (nSPS) is 15.5. The fraction of sp³-hybridized carbons (Fsp3) is 0.500. The van der Waals surface area contributed by atoms with Crippen molar-refractivity contribution in [3.63, 3.8) is 0 Å². The van der Waals surface area contributed by atoms with E-state index in [-0.39, 0.29) is 6.03 Å². The van der Waals surface area contributed by atoms with Crippen molar-refractivity contribution >= 4 is 6.03 Å². The lowest BCUT2D eigenvalue weighted by Gasteiger charge is -2.34. The SMILES string of the molecule is CCn1cnnc1CNC(=O)N1CCN(Cc2cccnc2)CC1. The number of aryl methyl sites for hydroxylation is 1. The number of urea groups is 1. The Morgan fingerprint density at radius 2 is 2.12 bits per heavy atom. The summed E-state index contributed by atoms with van der Waals surface area (Å²) in [6.07, 6.45) is 5.35. The molecule has 3 rings (SSSR count). The number of nitrogens with zero attached hydrogens (tertiary/aromatic N) is 6. The van der Waals surface area contributed by atoms with Crippen molar-refractivity contribution in [2.75, 3.05) is 26.2 Å². The third-order valence-corrected chi connectivity index (χ3v) is 4.22. The molecule has 1 fully saturated rings. The first-order valence-corrected chi connectivity index (χ1v) is 8.27. The number of aromatic nitrogens is 4. The van der Waals surface area contributed by atoms with Crippen molar-refractivity contribution in [2.24, 2.45) is 0 Å². The van der Waals surface area contributed by atoms with Gasteiger partial charge in [0, 0.05) is 51.7 Å². The molecule has 24 heavy (non-hydrogen) atoms. The van der Waals surface area contributed by atoms with Gasteiger partial charge >= 0.3 is 6.03 Å². The summed E-state index contributed by atoms with van der Waals surface area (Å²) in [6.45, 7) is 7.30. The van der Waals surface area contributed by atoms with Gasteiger partial charge in [-0.3, -0.25) is 9.88 Å². The minimum atomic E-state index is -0.0401. The Hall–Kier alpha value is -2.48. The number of carbonyl (C=O) groups excluding carboxylic acids is 1. The second-order valence-corrected chi connectivity index (χ2v) is 5.82. The van der Waals surface area contributed by atoms with E-state index in [0.717, 1.165) is 45.1 Å². The van der Waals surface area contributed by atoms with E-state index in [2.05, 4.69) is 31.5 Å². The van der Waals surface area contributed by atoms with Crippen LogP contribution in [-0.4, -0.2) is 61.8 Å². The molecule has 0 bridgehead atoms. The lowest BCUT2D eigenvalue weighted by Crippen LogP contribution is -2.51. The first-order valence-electron chi connectivity index (χ1n) is 8.27. The van der Waals surface area contributed by atoms with Crippen LogP contribution in [0.25, 0.3) is 0 Å². The molecule has 2 amide bonds. The van der Waals surface area contributed by atoms with E-state index in [1.165, 1.54) is 5.56 Å². The highest BCUT2D eigenvalue weighted by atomic mass is 16.2. The average molecular weight is 329 g/mol. The molecule has 0 saturated carbocycles. The van der Waals surface area contributed by atoms with Crippen molar-refractivity contribution in [3.8, 4) is 0 Å². The van der Waals surface area contributed by atoms with Crippen LogP contribution in [0.5, 0.6) is 0 Å². The lowest BCUT2D eigenvalue weighted by atomic mass is 10.2. The highest BCUT2D eigenvalue weighted by Crippen LogP contribution is 2.08. The summed E-state index contributed by atoms with van der Waals surface area (Å²) in [6, 6.07) is 3.99. The number of amides is 2. The van der Waals surface area contributed by atoms with Crippen LogP contribution in [0.1, 0.15) is 18.3 Å². The number of carbonyl (C=O) groups is 1. The summed E-state index contributed by atoms with van der Waals surface area (Å²) in [5.41, 5.74) is 1.20. The minimum Gasteiger partial charge on any atom is -0.331 e. The summed E-state index contributed by atoms with van der Waals surface area (Å²) in [5.74, 6) is 0.779. The first kappa shape index (κ1) is 16.4. The Morgan fingerprint density at radius 1 is 1.29 bits per heavy atom. The van der Waals surface area contributed by atoms with Crippen LogP contribution in [0.4, 0.5) is 4.79 Å². The number of pyridine rings is 1. The predicted octanol–water partition coefficient (Wildman–Crippen LogP) is 0.720. The molecule has 1 saturated heterocycles. The monoisotopic (exact) mass is 329 g/mol. The van der Waals surface area contributed by atoms with Crippen LogP contribution in [0.2, 0.25) is 0 Å². The van der Waals surface area contributed by atoms with Gasteiger partial charge in [0.15, 0.2) is 5.82 Å². The first-order chi connectivity index (χ1) is 11.8. The summed E-state index contributed by atoms with van der Waals surface area (Å²) in [7, 11) is 0. The number of nitrogens with one attached hydrogen (secondary N) is 1. The molecule has 0 radical (unpaired) electrons. The Kier molecular flexibility index (Phi) is 5.37. The summed E-state index contributed by atoms with van der Waals surface area (Å²) < 4.78 is 1.92. The van der Waals surface area contributed by atoms with E-state index < -0.39 is 0 Å². The molecule has 0 atom stereocenters. The predicted molar refractivity (Wildman–Crippen MR) is 89.0 cm³/mol. The Balaban J connectivity index is 1.43. The molecule has 2 aromatic heterocycles. The maximum atomic E-state index is 12.3. The summed E-state index contributed by atoms with van der Waals surface area (Å²) in [4.78, 5) is 20.6. The van der Waals surface area contributed by atoms with E-state index in [0.29, 0.717) is 6.54 Å². The van der Waals surface area contributed by atoms with E-state index in [1.54, 1.807) is 12.5 Å². The molecule has 1 aliphatic heterocycles. The number of hydrogen-bond donors (Lipinski definition) is 1. The fourth-order valence-corrected chi connectivity index (χ4v) is 2.81. The molecule has 0 aromatic carbocycles. The minimum absolute atomic E-state index is 0.0401. The van der Waals surface area contributed by atoms with Crippen molar-refractivity contribution < 1.29 is 4.79 Å².